The third kappa shape index (κ3) is 8.31. The van der Waals surface area contributed by atoms with Gasteiger partial charge in [0.2, 0.25) is 0 Å². The molecule has 0 amide bonds. The number of fused-ring (bicyclic) bond motifs is 3. The summed E-state index contributed by atoms with van der Waals surface area (Å²) in [6.07, 6.45) is 9.94. The van der Waals surface area contributed by atoms with E-state index in [4.69, 9.17) is 0 Å². The number of allylic oxidation sites excluding steroid dienone is 2. The Balaban J connectivity index is 0.000000612. The number of halogens is 2. The van der Waals surface area contributed by atoms with E-state index in [-0.39, 0.29) is 35.6 Å². The van der Waals surface area contributed by atoms with Gasteiger partial charge in [0.25, 0.3) is 0 Å². The maximum absolute atomic E-state index is 3.88. The molecule has 0 N–H and O–H groups in total. The zero-order chi connectivity index (χ0) is 28.9. The molecule has 0 fully saturated rings. The molecule has 218 valence electrons. The smallest absolute Gasteiger partial charge is 1.00 e. The SMILES string of the molecule is CC(C)(C)c1cc2c([c-]c1-c1ccccc1)Cc1cc(-c3ccccc3)c(C(C)(C)C)cc1-2.[C-]1=CCCC1.[CH2]=[Zr+2].[Cl-].[Cl-]. The molecule has 2 aliphatic carbocycles. The van der Waals surface area contributed by atoms with Crippen LogP contribution in [0, 0.1) is 12.1 Å². The molecule has 4 aromatic carbocycles. The van der Waals surface area contributed by atoms with Crippen molar-refractivity contribution in [2.24, 2.45) is 0 Å². The first kappa shape index (κ1) is 36.1. The first-order chi connectivity index (χ1) is 19.1. The Morgan fingerprint density at radius 1 is 0.667 bits per heavy atom. The van der Waals surface area contributed by atoms with Crippen molar-refractivity contribution in [3.8, 4) is 33.4 Å². The van der Waals surface area contributed by atoms with Gasteiger partial charge in [0.15, 0.2) is 0 Å². The summed E-state index contributed by atoms with van der Waals surface area (Å²) in [7, 11) is 0. The van der Waals surface area contributed by atoms with Gasteiger partial charge in [-0.1, -0.05) is 144 Å². The fourth-order valence-corrected chi connectivity index (χ4v) is 5.61. The normalized spacial score (nSPS) is 12.9. The van der Waals surface area contributed by atoms with Gasteiger partial charge in [0.05, 0.1) is 0 Å². The van der Waals surface area contributed by atoms with Gasteiger partial charge in [-0.3, -0.25) is 6.08 Å². The van der Waals surface area contributed by atoms with Crippen LogP contribution in [0.15, 0.2) is 84.9 Å². The van der Waals surface area contributed by atoms with Crippen LogP contribution >= 0.6 is 0 Å². The van der Waals surface area contributed by atoms with Crippen molar-refractivity contribution >= 4 is 4.21 Å². The molecular weight excluding hydrogens is 631 g/mol. The Morgan fingerprint density at radius 2 is 1.21 bits per heavy atom. The van der Waals surface area contributed by atoms with Gasteiger partial charge < -0.3 is 30.9 Å². The average Bonchev–Trinajstić information content (AvgIpc) is 3.64. The standard InChI is InChI=1S/C33H33.C5H7.CH2.2ClH.Zr/c1-32(2,3)30-20-26-24(18-28(30)22-13-9-7-10-14-22)17-25-19-29(23-15-11-8-12-16-23)31(21-27(25)26)33(4,5)6;1-2-4-5-3-1;;;;/h7-16,18,20-21H,17H2,1-6H3;1H,2,4-5H2;1H2;2*1H;/q2*-1;;;;+2/p-2. The molecule has 6 rings (SSSR count). The fourth-order valence-electron chi connectivity index (χ4n) is 5.61. The van der Waals surface area contributed by atoms with E-state index in [0.29, 0.717) is 0 Å². The molecule has 3 heteroatoms. The Hall–Kier alpha value is -2.05. The summed E-state index contributed by atoms with van der Waals surface area (Å²) in [5, 5.41) is 0. The second kappa shape index (κ2) is 15.6. The van der Waals surface area contributed by atoms with E-state index in [1.165, 1.54) is 99.1 Å². The first-order valence-electron chi connectivity index (χ1n) is 14.4. The molecule has 42 heavy (non-hydrogen) atoms. The minimum atomic E-state index is 0. The summed E-state index contributed by atoms with van der Waals surface area (Å²) in [6, 6.07) is 32.8. The van der Waals surface area contributed by atoms with E-state index in [1.807, 2.05) is 0 Å². The van der Waals surface area contributed by atoms with Crippen LogP contribution < -0.4 is 24.8 Å². The quantitative estimate of drug-likeness (QED) is 0.243. The zero-order valence-electron chi connectivity index (χ0n) is 25.9. The van der Waals surface area contributed by atoms with Gasteiger partial charge in [0.1, 0.15) is 0 Å². The predicted molar refractivity (Wildman–Crippen MR) is 171 cm³/mol. The van der Waals surface area contributed by atoms with E-state index >= 15 is 0 Å². The maximum Gasteiger partial charge on any atom is -1.00 e. The van der Waals surface area contributed by atoms with Crippen LogP contribution in [0.2, 0.25) is 0 Å². The largest absolute Gasteiger partial charge is 1.00 e. The third-order valence-electron chi connectivity index (χ3n) is 7.64. The molecule has 0 saturated heterocycles. The van der Waals surface area contributed by atoms with Crippen LogP contribution in [-0.2, 0) is 41.5 Å². The van der Waals surface area contributed by atoms with Gasteiger partial charge in [-0.25, -0.2) is 0 Å². The van der Waals surface area contributed by atoms with Crippen molar-refractivity contribution in [1.29, 1.82) is 0 Å². The molecule has 0 heterocycles. The molecule has 0 spiro atoms. The van der Waals surface area contributed by atoms with Crippen LogP contribution in [0.1, 0.15) is 83.1 Å². The summed E-state index contributed by atoms with van der Waals surface area (Å²) >= 11 is 1.30. The summed E-state index contributed by atoms with van der Waals surface area (Å²) in [5.74, 6) is 0. The van der Waals surface area contributed by atoms with E-state index in [9.17, 15) is 0 Å². The number of benzene rings is 4. The molecule has 0 radical (unpaired) electrons. The van der Waals surface area contributed by atoms with Gasteiger partial charge in [-0.15, -0.1) is 28.8 Å². The monoisotopic (exact) mass is 670 g/mol. The van der Waals surface area contributed by atoms with Crippen LogP contribution in [0.25, 0.3) is 33.4 Å². The molecule has 4 aromatic rings. The van der Waals surface area contributed by atoms with E-state index < -0.39 is 0 Å². The van der Waals surface area contributed by atoms with Gasteiger partial charge in [-0.2, -0.15) is 6.42 Å². The van der Waals surface area contributed by atoms with Crippen LogP contribution in [0.3, 0.4) is 0 Å². The van der Waals surface area contributed by atoms with Crippen LogP contribution in [0.4, 0.5) is 0 Å². The fraction of sp³-hybridized carbons (Fsp3) is 0.308. The number of hydrogen-bond donors (Lipinski definition) is 0. The first-order valence-corrected chi connectivity index (χ1v) is 16.2. The van der Waals surface area contributed by atoms with Gasteiger partial charge >= 0.3 is 28.4 Å². The van der Waals surface area contributed by atoms with E-state index in [2.05, 4.69) is 143 Å². The minimum Gasteiger partial charge on any atom is -1.00 e. The van der Waals surface area contributed by atoms with Crippen LogP contribution in [0.5, 0.6) is 0 Å². The van der Waals surface area contributed by atoms with Gasteiger partial charge in [0, 0.05) is 0 Å². The van der Waals surface area contributed by atoms with Crippen molar-refractivity contribution < 1.29 is 49.0 Å². The Morgan fingerprint density at radius 3 is 1.69 bits per heavy atom. The van der Waals surface area contributed by atoms with Crippen molar-refractivity contribution in [2.45, 2.75) is 78.1 Å². The minimum absolute atomic E-state index is 0. The third-order valence-corrected chi connectivity index (χ3v) is 7.64. The Labute approximate surface area is 282 Å². The molecule has 0 bridgehead atoms. The topological polar surface area (TPSA) is 0 Å². The second-order valence-electron chi connectivity index (χ2n) is 12.7. The average molecular weight is 673 g/mol. The Bertz CT molecular complexity index is 1360. The Kier molecular flexibility index (Phi) is 13.4. The molecule has 0 aliphatic heterocycles. The molecule has 0 nitrogen and oxygen atoms in total. The van der Waals surface area contributed by atoms with Crippen molar-refractivity contribution in [3.63, 3.8) is 0 Å². The summed E-state index contributed by atoms with van der Waals surface area (Å²) in [5.41, 5.74) is 13.5. The molecule has 0 aromatic heterocycles. The molecule has 0 unspecified atom stereocenters. The van der Waals surface area contributed by atoms with Crippen molar-refractivity contribution in [2.75, 3.05) is 0 Å². The predicted octanol–water partition coefficient (Wildman–Crippen LogP) is 4.49. The van der Waals surface area contributed by atoms with Gasteiger partial charge in [-0.05, 0) is 39.5 Å². The number of rotatable bonds is 2. The van der Waals surface area contributed by atoms with Crippen molar-refractivity contribution in [3.05, 3.63) is 119 Å². The summed E-state index contributed by atoms with van der Waals surface area (Å²) in [6.45, 7) is 13.9. The van der Waals surface area contributed by atoms with Crippen molar-refractivity contribution in [1.82, 2.24) is 0 Å². The van der Waals surface area contributed by atoms with Crippen LogP contribution in [-0.4, -0.2) is 4.21 Å². The van der Waals surface area contributed by atoms with E-state index in [0.717, 1.165) is 6.42 Å². The maximum atomic E-state index is 3.88. The zero-order valence-corrected chi connectivity index (χ0v) is 29.8. The second-order valence-corrected chi connectivity index (χ2v) is 12.7. The number of hydrogen-bond acceptors (Lipinski definition) is 0. The van der Waals surface area contributed by atoms with E-state index in [1.54, 1.807) is 0 Å². The molecule has 0 atom stereocenters. The summed E-state index contributed by atoms with van der Waals surface area (Å²) < 4.78 is 3.34. The molecular formula is C39H42Cl2Zr-2. The molecule has 0 saturated carbocycles. The molecule has 2 aliphatic rings. The summed E-state index contributed by atoms with van der Waals surface area (Å²) in [4.78, 5) is 0.